The summed E-state index contributed by atoms with van der Waals surface area (Å²) < 4.78 is 2.29. The van der Waals surface area contributed by atoms with Crippen molar-refractivity contribution >= 4 is 32.6 Å². The summed E-state index contributed by atoms with van der Waals surface area (Å²) in [6.07, 6.45) is 3.75. The number of pyridine rings is 1. The van der Waals surface area contributed by atoms with Crippen LogP contribution in [0.1, 0.15) is 0 Å². The Morgan fingerprint density at radius 3 is 1.64 bits per heavy atom. The van der Waals surface area contributed by atoms with Gasteiger partial charge in [0.1, 0.15) is 5.82 Å². The van der Waals surface area contributed by atoms with Gasteiger partial charge in [0.2, 0.25) is 0 Å². The molecule has 3 heteroatoms. The molecule has 0 fully saturated rings. The summed E-state index contributed by atoms with van der Waals surface area (Å²) >= 11 is 0. The molecule has 3 nitrogen and oxygen atoms in total. The first-order chi connectivity index (χ1) is 23.3. The summed E-state index contributed by atoms with van der Waals surface area (Å²) in [5.74, 6) is 0.933. The molecule has 0 saturated heterocycles. The molecular formula is C44H29N3. The number of hydrogen-bond acceptors (Lipinski definition) is 2. The summed E-state index contributed by atoms with van der Waals surface area (Å²) in [4.78, 5) is 9.46. The van der Waals surface area contributed by atoms with E-state index in [-0.39, 0.29) is 0 Å². The van der Waals surface area contributed by atoms with E-state index in [1.165, 1.54) is 43.8 Å². The highest BCUT2D eigenvalue weighted by atomic mass is 15.1. The van der Waals surface area contributed by atoms with Crippen molar-refractivity contribution in [3.8, 4) is 50.5 Å². The Kier molecular flexibility index (Phi) is 6.46. The fraction of sp³-hybridized carbons (Fsp3) is 0. The maximum Gasteiger partial charge on any atom is 0.145 e. The van der Waals surface area contributed by atoms with Crippen LogP contribution in [0.25, 0.3) is 83.0 Å². The summed E-state index contributed by atoms with van der Waals surface area (Å²) in [5.41, 5.74) is 11.3. The molecular weight excluding hydrogens is 571 g/mol. The molecule has 2 aromatic heterocycles. The van der Waals surface area contributed by atoms with Gasteiger partial charge in [0.15, 0.2) is 0 Å². The highest BCUT2D eigenvalue weighted by Gasteiger charge is 2.19. The van der Waals surface area contributed by atoms with Gasteiger partial charge in [-0.2, -0.15) is 0 Å². The van der Waals surface area contributed by atoms with Gasteiger partial charge in [-0.3, -0.25) is 9.55 Å². The van der Waals surface area contributed by atoms with Gasteiger partial charge in [-0.1, -0.05) is 127 Å². The fourth-order valence-electron chi connectivity index (χ4n) is 7.01. The van der Waals surface area contributed by atoms with Crippen LogP contribution in [0.2, 0.25) is 0 Å². The molecule has 0 radical (unpaired) electrons. The predicted molar refractivity (Wildman–Crippen MR) is 196 cm³/mol. The van der Waals surface area contributed by atoms with Crippen molar-refractivity contribution in [2.45, 2.75) is 0 Å². The Balaban J connectivity index is 1.29. The van der Waals surface area contributed by atoms with Crippen molar-refractivity contribution < 1.29 is 0 Å². The van der Waals surface area contributed by atoms with Crippen molar-refractivity contribution in [2.24, 2.45) is 0 Å². The number of nitrogens with zero attached hydrogens (tertiary/aromatic N) is 3. The van der Waals surface area contributed by atoms with E-state index in [0.717, 1.165) is 39.2 Å². The minimum absolute atomic E-state index is 0.933. The second-order valence-corrected chi connectivity index (χ2v) is 11.8. The van der Waals surface area contributed by atoms with E-state index in [1.807, 2.05) is 24.5 Å². The van der Waals surface area contributed by atoms with Gasteiger partial charge >= 0.3 is 0 Å². The molecule has 0 bridgehead atoms. The first kappa shape index (κ1) is 27.0. The average Bonchev–Trinajstić information content (AvgIpc) is 3.54. The van der Waals surface area contributed by atoms with Crippen LogP contribution in [0.4, 0.5) is 0 Å². The third-order valence-corrected chi connectivity index (χ3v) is 9.06. The summed E-state index contributed by atoms with van der Waals surface area (Å²) in [6, 6.07) is 58.3. The van der Waals surface area contributed by atoms with Gasteiger partial charge < -0.3 is 0 Å². The number of para-hydroxylation sites is 2. The Morgan fingerprint density at radius 1 is 0.404 bits per heavy atom. The Morgan fingerprint density at radius 2 is 0.957 bits per heavy atom. The molecule has 9 rings (SSSR count). The molecule has 0 N–H and O–H groups in total. The average molecular weight is 600 g/mol. The summed E-state index contributed by atoms with van der Waals surface area (Å²) in [7, 11) is 0. The zero-order chi connectivity index (χ0) is 31.2. The number of rotatable bonds is 5. The highest BCUT2D eigenvalue weighted by Crippen LogP contribution is 2.44. The SMILES string of the molecule is c1ccc(-c2nc3ccccc3n2-c2cccc(-c3c4ccccc4c(-c4cccc(-c5cccnc5)c4)c4ccccc34)c2)cc1. The van der Waals surface area contributed by atoms with E-state index in [9.17, 15) is 0 Å². The van der Waals surface area contributed by atoms with Crippen LogP contribution in [0.15, 0.2) is 176 Å². The highest BCUT2D eigenvalue weighted by molar-refractivity contribution is 6.21. The zero-order valence-corrected chi connectivity index (χ0v) is 25.6. The normalized spacial score (nSPS) is 11.4. The van der Waals surface area contributed by atoms with Gasteiger partial charge in [0, 0.05) is 29.2 Å². The molecule has 0 spiro atoms. The predicted octanol–water partition coefficient (Wildman–Crippen LogP) is 11.4. The van der Waals surface area contributed by atoms with E-state index in [0.29, 0.717) is 0 Å². The molecule has 0 saturated carbocycles. The molecule has 9 aromatic rings. The quantitative estimate of drug-likeness (QED) is 0.184. The molecule has 0 aliphatic rings. The molecule has 47 heavy (non-hydrogen) atoms. The molecule has 0 aliphatic carbocycles. The van der Waals surface area contributed by atoms with Crippen molar-refractivity contribution in [3.63, 3.8) is 0 Å². The van der Waals surface area contributed by atoms with E-state index < -0.39 is 0 Å². The molecule has 0 unspecified atom stereocenters. The minimum atomic E-state index is 0.933. The maximum absolute atomic E-state index is 5.09. The molecule has 0 atom stereocenters. The van der Waals surface area contributed by atoms with Crippen molar-refractivity contribution in [1.29, 1.82) is 0 Å². The van der Waals surface area contributed by atoms with E-state index in [2.05, 4.69) is 161 Å². The zero-order valence-electron chi connectivity index (χ0n) is 25.6. The first-order valence-electron chi connectivity index (χ1n) is 15.9. The number of hydrogen-bond donors (Lipinski definition) is 0. The lowest BCUT2D eigenvalue weighted by Crippen LogP contribution is -1.98. The number of aromatic nitrogens is 3. The number of imidazole rings is 1. The molecule has 2 heterocycles. The maximum atomic E-state index is 5.09. The van der Waals surface area contributed by atoms with Crippen LogP contribution in [-0.4, -0.2) is 14.5 Å². The smallest absolute Gasteiger partial charge is 0.145 e. The van der Waals surface area contributed by atoms with Gasteiger partial charge in [-0.25, -0.2) is 4.98 Å². The van der Waals surface area contributed by atoms with Crippen molar-refractivity contribution in [3.05, 3.63) is 176 Å². The van der Waals surface area contributed by atoms with Crippen LogP contribution in [0, 0.1) is 0 Å². The third-order valence-electron chi connectivity index (χ3n) is 9.06. The van der Waals surface area contributed by atoms with Crippen molar-refractivity contribution in [1.82, 2.24) is 14.5 Å². The van der Waals surface area contributed by atoms with Crippen LogP contribution in [0.3, 0.4) is 0 Å². The van der Waals surface area contributed by atoms with Gasteiger partial charge in [-0.05, 0) is 85.8 Å². The van der Waals surface area contributed by atoms with Gasteiger partial charge in [-0.15, -0.1) is 0 Å². The van der Waals surface area contributed by atoms with E-state index >= 15 is 0 Å². The van der Waals surface area contributed by atoms with Crippen LogP contribution in [0.5, 0.6) is 0 Å². The second kappa shape index (κ2) is 11.2. The van der Waals surface area contributed by atoms with Crippen LogP contribution >= 0.6 is 0 Å². The molecule has 0 aliphatic heterocycles. The van der Waals surface area contributed by atoms with Crippen molar-refractivity contribution in [2.75, 3.05) is 0 Å². The lowest BCUT2D eigenvalue weighted by Gasteiger charge is -2.19. The monoisotopic (exact) mass is 599 g/mol. The molecule has 7 aromatic carbocycles. The largest absolute Gasteiger partial charge is 0.292 e. The third kappa shape index (κ3) is 4.60. The number of fused-ring (bicyclic) bond motifs is 3. The Bertz CT molecular complexity index is 2510. The second-order valence-electron chi connectivity index (χ2n) is 11.8. The number of benzene rings is 7. The Hall–Kier alpha value is -6.32. The summed E-state index contributed by atoms with van der Waals surface area (Å²) in [6.45, 7) is 0. The standard InChI is InChI=1S/C44H29N3/c1-2-13-30(14-3-1)44-46-40-24-8-9-25-41(40)47(44)35-19-11-17-33(28-35)43-38-22-6-4-20-36(38)42(37-21-5-7-23-39(37)43)32-16-10-15-31(27-32)34-18-12-26-45-29-34/h1-29H. The van der Waals surface area contributed by atoms with Gasteiger partial charge in [0.25, 0.3) is 0 Å². The van der Waals surface area contributed by atoms with Gasteiger partial charge in [0.05, 0.1) is 11.0 Å². The first-order valence-corrected chi connectivity index (χ1v) is 15.9. The lowest BCUT2D eigenvalue weighted by molar-refractivity contribution is 1.10. The lowest BCUT2D eigenvalue weighted by atomic mass is 9.85. The van der Waals surface area contributed by atoms with E-state index in [1.54, 1.807) is 0 Å². The van der Waals surface area contributed by atoms with Crippen LogP contribution in [-0.2, 0) is 0 Å². The van der Waals surface area contributed by atoms with E-state index in [4.69, 9.17) is 4.98 Å². The topological polar surface area (TPSA) is 30.7 Å². The summed E-state index contributed by atoms with van der Waals surface area (Å²) in [5, 5.41) is 4.91. The molecule has 220 valence electrons. The minimum Gasteiger partial charge on any atom is -0.292 e. The fourth-order valence-corrected chi connectivity index (χ4v) is 7.01. The Labute approximate surface area is 273 Å². The molecule has 0 amide bonds. The van der Waals surface area contributed by atoms with Crippen LogP contribution < -0.4 is 0 Å².